The average molecular weight is 504 g/mol. The van der Waals surface area contributed by atoms with E-state index in [0.717, 1.165) is 81.2 Å². The summed E-state index contributed by atoms with van der Waals surface area (Å²) in [6.07, 6.45) is 11.5. The van der Waals surface area contributed by atoms with Crippen LogP contribution < -0.4 is 10.1 Å². The quantitative estimate of drug-likeness (QED) is 0.488. The molecule has 0 spiro atoms. The Morgan fingerprint density at radius 3 is 2.91 bits per heavy atom. The maximum Gasteiger partial charge on any atom is 0.278 e. The number of carbonyl (C=O) groups is 1. The van der Waals surface area contributed by atoms with Crippen LogP contribution >= 0.6 is 11.3 Å². The molecule has 1 saturated carbocycles. The van der Waals surface area contributed by atoms with Crippen LogP contribution in [0.2, 0.25) is 0 Å². The first-order valence-corrected chi connectivity index (χ1v) is 13.1. The third kappa shape index (κ3) is 5.98. The van der Waals surface area contributed by atoms with E-state index in [2.05, 4.69) is 20.2 Å². The molecule has 0 saturated heterocycles. The number of hydrogen-bond donors (Lipinski definition) is 1. The zero-order valence-corrected chi connectivity index (χ0v) is 20.7. The van der Waals surface area contributed by atoms with E-state index >= 15 is 0 Å². The molecule has 0 bridgehead atoms. The molecule has 35 heavy (non-hydrogen) atoms. The van der Waals surface area contributed by atoms with Gasteiger partial charge in [0.15, 0.2) is 6.61 Å². The Balaban J connectivity index is 1.05. The Bertz CT molecular complexity index is 1170. The molecule has 3 aromatic heterocycles. The molecule has 3 aromatic rings. The molecule has 4 heterocycles. The van der Waals surface area contributed by atoms with Gasteiger partial charge >= 0.3 is 0 Å². The van der Waals surface area contributed by atoms with E-state index in [4.69, 9.17) is 4.74 Å². The smallest absolute Gasteiger partial charge is 0.278 e. The SMILES string of the molecule is CC(F)(F)COc1nc2c(s1)CCN(CCC1CCC(NC(=O)c3ccc4cnccn34)CC1)C2. The first kappa shape index (κ1) is 24.1. The van der Waals surface area contributed by atoms with Crippen molar-refractivity contribution in [1.29, 1.82) is 0 Å². The van der Waals surface area contributed by atoms with Gasteiger partial charge in [-0.3, -0.25) is 14.7 Å². The minimum atomic E-state index is -2.85. The highest BCUT2D eigenvalue weighted by molar-refractivity contribution is 7.13. The first-order valence-electron chi connectivity index (χ1n) is 12.3. The van der Waals surface area contributed by atoms with Crippen LogP contribution in [0.3, 0.4) is 0 Å². The number of amides is 1. The summed E-state index contributed by atoms with van der Waals surface area (Å²) in [7, 11) is 0. The normalized spacial score (nSPS) is 21.1. The van der Waals surface area contributed by atoms with Crippen LogP contribution in [0.4, 0.5) is 8.78 Å². The van der Waals surface area contributed by atoms with Crippen molar-refractivity contribution in [1.82, 2.24) is 24.6 Å². The van der Waals surface area contributed by atoms with E-state index in [0.29, 0.717) is 16.8 Å². The molecule has 0 atom stereocenters. The molecule has 1 amide bonds. The summed E-state index contributed by atoms with van der Waals surface area (Å²) in [6, 6.07) is 3.97. The van der Waals surface area contributed by atoms with Gasteiger partial charge in [0.05, 0.1) is 17.4 Å². The number of aromatic nitrogens is 3. The second-order valence-corrected chi connectivity index (χ2v) is 10.9. The molecule has 0 aromatic carbocycles. The van der Waals surface area contributed by atoms with E-state index in [-0.39, 0.29) is 11.9 Å². The number of thiazole rings is 1. The van der Waals surface area contributed by atoms with E-state index in [9.17, 15) is 13.6 Å². The Hall–Kier alpha value is -2.59. The van der Waals surface area contributed by atoms with E-state index in [1.54, 1.807) is 12.4 Å². The number of halogens is 2. The van der Waals surface area contributed by atoms with Gasteiger partial charge in [-0.1, -0.05) is 11.3 Å². The van der Waals surface area contributed by atoms with Crippen molar-refractivity contribution < 1.29 is 18.3 Å². The summed E-state index contributed by atoms with van der Waals surface area (Å²) in [5, 5.41) is 3.57. The van der Waals surface area contributed by atoms with Crippen molar-refractivity contribution in [3.8, 4) is 5.19 Å². The van der Waals surface area contributed by atoms with Gasteiger partial charge < -0.3 is 14.5 Å². The van der Waals surface area contributed by atoms with Gasteiger partial charge in [-0.25, -0.2) is 13.8 Å². The molecule has 1 N–H and O–H groups in total. The van der Waals surface area contributed by atoms with Crippen LogP contribution in [-0.4, -0.2) is 56.8 Å². The molecule has 1 aliphatic heterocycles. The molecule has 5 rings (SSSR count). The van der Waals surface area contributed by atoms with Crippen molar-refractivity contribution >= 4 is 22.8 Å². The third-order valence-electron chi connectivity index (χ3n) is 6.96. The molecular weight excluding hydrogens is 472 g/mol. The van der Waals surface area contributed by atoms with Gasteiger partial charge in [0.25, 0.3) is 17.0 Å². The number of rotatable bonds is 8. The molecule has 7 nitrogen and oxygen atoms in total. The van der Waals surface area contributed by atoms with Crippen molar-refractivity contribution in [2.75, 3.05) is 19.7 Å². The molecule has 1 aliphatic carbocycles. The number of fused-ring (bicyclic) bond motifs is 2. The molecule has 1 fully saturated rings. The first-order chi connectivity index (χ1) is 16.8. The second-order valence-electron chi connectivity index (χ2n) is 9.80. The lowest BCUT2D eigenvalue weighted by Gasteiger charge is -2.32. The van der Waals surface area contributed by atoms with E-state index in [1.807, 2.05) is 22.7 Å². The minimum absolute atomic E-state index is 0.0296. The van der Waals surface area contributed by atoms with Crippen molar-refractivity contribution in [3.63, 3.8) is 0 Å². The van der Waals surface area contributed by atoms with Crippen LogP contribution in [0.15, 0.2) is 30.7 Å². The Kier molecular flexibility index (Phi) is 7.02. The monoisotopic (exact) mass is 503 g/mol. The van der Waals surface area contributed by atoms with Crippen LogP contribution in [0.5, 0.6) is 5.19 Å². The van der Waals surface area contributed by atoms with Crippen LogP contribution in [0.25, 0.3) is 5.52 Å². The largest absolute Gasteiger partial charge is 0.464 e. The fourth-order valence-electron chi connectivity index (χ4n) is 5.04. The Morgan fingerprint density at radius 2 is 2.11 bits per heavy atom. The standard InChI is InChI=1S/C25H31F2N5O2S/c1-25(26,27)16-34-24-30-20-15-31(12-9-22(20)35-24)11-8-17-2-4-18(5-3-17)29-23(33)21-7-6-19-14-28-10-13-32(19)21/h6-7,10,13-14,17-18H,2-5,8-9,11-12,15-16H2,1H3,(H,29,33). The van der Waals surface area contributed by atoms with Crippen LogP contribution in [-0.2, 0) is 13.0 Å². The highest BCUT2D eigenvalue weighted by atomic mass is 32.1. The highest BCUT2D eigenvalue weighted by Crippen LogP contribution is 2.32. The van der Waals surface area contributed by atoms with Gasteiger partial charge in [0, 0.05) is 43.3 Å². The van der Waals surface area contributed by atoms with Crippen molar-refractivity contribution in [3.05, 3.63) is 47.0 Å². The van der Waals surface area contributed by atoms with Crippen molar-refractivity contribution in [2.24, 2.45) is 5.92 Å². The van der Waals surface area contributed by atoms with E-state index in [1.165, 1.54) is 11.3 Å². The molecule has 188 valence electrons. The molecule has 0 unspecified atom stereocenters. The fraction of sp³-hybridized carbons (Fsp3) is 0.560. The minimum Gasteiger partial charge on any atom is -0.464 e. The highest BCUT2D eigenvalue weighted by Gasteiger charge is 2.27. The number of nitrogens with zero attached hydrogens (tertiary/aromatic N) is 4. The summed E-state index contributed by atoms with van der Waals surface area (Å²) in [6.45, 7) is 2.94. The average Bonchev–Trinajstić information content (AvgIpc) is 3.45. The number of nitrogens with one attached hydrogen (secondary N) is 1. The van der Waals surface area contributed by atoms with Gasteiger partial charge in [0.2, 0.25) is 0 Å². The van der Waals surface area contributed by atoms with Crippen LogP contribution in [0.1, 0.15) is 60.1 Å². The maximum absolute atomic E-state index is 13.1. The lowest BCUT2D eigenvalue weighted by atomic mass is 9.84. The number of ether oxygens (including phenoxy) is 1. The number of hydrogen-bond acceptors (Lipinski definition) is 6. The number of alkyl halides is 2. The summed E-state index contributed by atoms with van der Waals surface area (Å²) in [5.41, 5.74) is 2.53. The lowest BCUT2D eigenvalue weighted by molar-refractivity contribution is -0.0230. The fourth-order valence-corrected chi connectivity index (χ4v) is 5.94. The Morgan fingerprint density at radius 1 is 1.29 bits per heavy atom. The summed E-state index contributed by atoms with van der Waals surface area (Å²) in [4.78, 5) is 24.9. The summed E-state index contributed by atoms with van der Waals surface area (Å²) < 4.78 is 33.2. The second kappa shape index (κ2) is 10.2. The van der Waals surface area contributed by atoms with Gasteiger partial charge in [-0.05, 0) is 63.1 Å². The topological polar surface area (TPSA) is 71.8 Å². The predicted molar refractivity (Wildman–Crippen MR) is 130 cm³/mol. The zero-order valence-electron chi connectivity index (χ0n) is 19.9. The Labute approximate surface area is 207 Å². The molecule has 0 radical (unpaired) electrons. The molecule has 10 heteroatoms. The van der Waals surface area contributed by atoms with Crippen molar-refractivity contribution in [2.45, 2.75) is 64.0 Å². The predicted octanol–water partition coefficient (Wildman–Crippen LogP) is 4.56. The summed E-state index contributed by atoms with van der Waals surface area (Å²) >= 11 is 1.40. The molecular formula is C25H31F2N5O2S. The van der Waals surface area contributed by atoms with Gasteiger partial charge in [-0.2, -0.15) is 0 Å². The van der Waals surface area contributed by atoms with Gasteiger partial charge in [-0.15, -0.1) is 0 Å². The number of carbonyl (C=O) groups excluding carboxylic acids is 1. The summed E-state index contributed by atoms with van der Waals surface area (Å²) in [5.74, 6) is -2.22. The van der Waals surface area contributed by atoms with Crippen LogP contribution in [0, 0.1) is 5.92 Å². The third-order valence-corrected chi connectivity index (χ3v) is 8.03. The maximum atomic E-state index is 13.1. The lowest BCUT2D eigenvalue weighted by Crippen LogP contribution is -2.38. The molecule has 2 aliphatic rings. The zero-order chi connectivity index (χ0) is 24.4. The van der Waals surface area contributed by atoms with Gasteiger partial charge in [0.1, 0.15) is 5.69 Å². The van der Waals surface area contributed by atoms with E-state index < -0.39 is 12.5 Å².